The smallest absolute Gasteiger partial charge is 0.238 e. The second-order valence-electron chi connectivity index (χ2n) is 4.64. The Labute approximate surface area is 140 Å². The molecule has 3 rings (SSSR count). The topological polar surface area (TPSA) is 141 Å². The van der Waals surface area contributed by atoms with Gasteiger partial charge in [0, 0.05) is 15.7 Å². The van der Waals surface area contributed by atoms with E-state index in [1.54, 1.807) is 12.1 Å². The second-order valence-corrected chi connectivity index (χ2v) is 7.63. The van der Waals surface area contributed by atoms with Gasteiger partial charge >= 0.3 is 0 Å². The summed E-state index contributed by atoms with van der Waals surface area (Å²) in [6.07, 6.45) is 0. The van der Waals surface area contributed by atoms with Crippen molar-refractivity contribution in [2.45, 2.75) is 15.5 Å². The highest BCUT2D eigenvalue weighted by molar-refractivity contribution is 7.98. The summed E-state index contributed by atoms with van der Waals surface area (Å²) in [6, 6.07) is 6.07. The van der Waals surface area contributed by atoms with Gasteiger partial charge in [-0.1, -0.05) is 22.9 Å². The molecule has 0 aliphatic carbocycles. The monoisotopic (exact) mass is 370 g/mol. The van der Waals surface area contributed by atoms with E-state index < -0.39 is 10.0 Å². The van der Waals surface area contributed by atoms with E-state index in [9.17, 15) is 8.42 Å². The maximum Gasteiger partial charge on any atom is 0.238 e. The van der Waals surface area contributed by atoms with Crippen LogP contribution in [0.4, 0.5) is 5.82 Å². The van der Waals surface area contributed by atoms with Crippen molar-refractivity contribution in [2.24, 2.45) is 5.14 Å². The fraction of sp³-hybridized carbons (Fsp3) is 0.0833. The normalized spacial score (nSPS) is 11.9. The first kappa shape index (κ1) is 16.0. The van der Waals surface area contributed by atoms with E-state index in [1.807, 2.05) is 0 Å². The molecule has 5 N–H and O–H groups in total. The molecule has 0 unspecified atom stereocenters. The molecule has 3 aromatic rings. The number of H-pyrrole nitrogens is 1. The average molecular weight is 371 g/mol. The largest absolute Gasteiger partial charge is 0.384 e. The van der Waals surface area contributed by atoms with Gasteiger partial charge in [0.15, 0.2) is 5.65 Å². The van der Waals surface area contributed by atoms with Crippen LogP contribution in [-0.4, -0.2) is 28.8 Å². The number of sulfonamides is 1. The Morgan fingerprint density at radius 2 is 2.09 bits per heavy atom. The van der Waals surface area contributed by atoms with Gasteiger partial charge in [0.25, 0.3) is 0 Å². The molecule has 1 aromatic carbocycles. The zero-order valence-corrected chi connectivity index (χ0v) is 13.9. The van der Waals surface area contributed by atoms with Gasteiger partial charge in [0.05, 0.1) is 4.90 Å². The van der Waals surface area contributed by atoms with Crippen molar-refractivity contribution in [2.75, 3.05) is 5.73 Å². The van der Waals surface area contributed by atoms with Crippen molar-refractivity contribution in [3.8, 4) is 0 Å². The van der Waals surface area contributed by atoms with Gasteiger partial charge < -0.3 is 5.73 Å². The number of pyridine rings is 1. The van der Waals surface area contributed by atoms with Crippen LogP contribution >= 0.6 is 23.4 Å². The van der Waals surface area contributed by atoms with Crippen LogP contribution in [0.3, 0.4) is 0 Å². The predicted octanol–water partition coefficient (Wildman–Crippen LogP) is 1.53. The molecule has 0 saturated heterocycles. The molecule has 2 heterocycles. The van der Waals surface area contributed by atoms with Crippen molar-refractivity contribution in [3.63, 3.8) is 0 Å². The molecule has 120 valence electrons. The van der Waals surface area contributed by atoms with Gasteiger partial charge in [0.2, 0.25) is 10.0 Å². The molecule has 0 fully saturated rings. The van der Waals surface area contributed by atoms with Gasteiger partial charge in [-0.05, 0) is 23.8 Å². The Hall–Kier alpha value is -1.88. The first-order chi connectivity index (χ1) is 10.8. The first-order valence-corrected chi connectivity index (χ1v) is 9.17. The maximum atomic E-state index is 11.3. The third kappa shape index (κ3) is 3.39. The lowest BCUT2D eigenvalue weighted by Crippen LogP contribution is -2.12. The lowest BCUT2D eigenvalue weighted by Gasteiger charge is -2.07. The molecule has 0 atom stereocenters. The van der Waals surface area contributed by atoms with Gasteiger partial charge in [-0.15, -0.1) is 16.9 Å². The van der Waals surface area contributed by atoms with E-state index in [0.29, 0.717) is 27.8 Å². The number of aromatic nitrogens is 4. The molecular weight excluding hydrogens is 360 g/mol. The molecule has 0 saturated carbocycles. The van der Waals surface area contributed by atoms with Crippen molar-refractivity contribution in [1.29, 1.82) is 0 Å². The maximum absolute atomic E-state index is 11.3. The van der Waals surface area contributed by atoms with Crippen molar-refractivity contribution < 1.29 is 8.42 Å². The first-order valence-electron chi connectivity index (χ1n) is 6.26. The number of anilines is 1. The van der Waals surface area contributed by atoms with Crippen LogP contribution < -0.4 is 10.9 Å². The van der Waals surface area contributed by atoms with E-state index in [4.69, 9.17) is 22.5 Å². The summed E-state index contributed by atoms with van der Waals surface area (Å²) in [7, 11) is -3.77. The number of hydrogen-bond acceptors (Lipinski definition) is 7. The van der Waals surface area contributed by atoms with E-state index in [0.717, 1.165) is 10.5 Å². The SMILES string of the molecule is Nc1cc(SCc2ccc(S(N)(=O)=O)cc2Cl)c2nn[nH]c2n1. The Balaban J connectivity index is 1.87. The molecule has 0 spiro atoms. The molecule has 23 heavy (non-hydrogen) atoms. The van der Waals surface area contributed by atoms with Crippen LogP contribution in [0.5, 0.6) is 0 Å². The van der Waals surface area contributed by atoms with E-state index in [1.165, 1.54) is 23.9 Å². The highest BCUT2D eigenvalue weighted by Crippen LogP contribution is 2.31. The number of rotatable bonds is 4. The molecular formula is C12H11ClN6O2S2. The van der Waals surface area contributed by atoms with Crippen LogP contribution in [0.1, 0.15) is 5.56 Å². The van der Waals surface area contributed by atoms with Crippen LogP contribution in [-0.2, 0) is 15.8 Å². The molecule has 0 radical (unpaired) electrons. The summed E-state index contributed by atoms with van der Waals surface area (Å²) >= 11 is 7.57. The molecule has 0 bridgehead atoms. The van der Waals surface area contributed by atoms with Gasteiger partial charge in [-0.25, -0.2) is 23.6 Å². The Bertz CT molecular complexity index is 988. The van der Waals surface area contributed by atoms with Gasteiger partial charge in [0.1, 0.15) is 11.3 Å². The summed E-state index contributed by atoms with van der Waals surface area (Å²) in [5.74, 6) is 0.844. The molecule has 0 aliphatic heterocycles. The van der Waals surface area contributed by atoms with Crippen LogP contribution in [0.15, 0.2) is 34.1 Å². The van der Waals surface area contributed by atoms with E-state index in [-0.39, 0.29) is 4.90 Å². The molecule has 0 aliphatic rings. The van der Waals surface area contributed by atoms with Crippen molar-refractivity contribution >= 4 is 50.4 Å². The number of primary sulfonamides is 1. The number of nitrogens with zero attached hydrogens (tertiary/aromatic N) is 3. The Kier molecular flexibility index (Phi) is 4.15. The molecule has 0 amide bonds. The fourth-order valence-corrected chi connectivity index (χ4v) is 3.89. The third-order valence-corrected chi connectivity index (χ3v) is 5.36. The van der Waals surface area contributed by atoms with Crippen LogP contribution in [0, 0.1) is 0 Å². The minimum Gasteiger partial charge on any atom is -0.384 e. The van der Waals surface area contributed by atoms with E-state index in [2.05, 4.69) is 20.4 Å². The summed E-state index contributed by atoms with van der Waals surface area (Å²) in [6.45, 7) is 0. The highest BCUT2D eigenvalue weighted by Gasteiger charge is 2.13. The van der Waals surface area contributed by atoms with Crippen molar-refractivity contribution in [1.82, 2.24) is 20.4 Å². The number of nitrogen functional groups attached to an aromatic ring is 1. The number of nitrogens with two attached hydrogens (primary N) is 2. The van der Waals surface area contributed by atoms with Gasteiger partial charge in [-0.2, -0.15) is 0 Å². The highest BCUT2D eigenvalue weighted by atomic mass is 35.5. The zero-order valence-electron chi connectivity index (χ0n) is 11.5. The molecule has 11 heteroatoms. The van der Waals surface area contributed by atoms with Crippen molar-refractivity contribution in [3.05, 3.63) is 34.9 Å². The second kappa shape index (κ2) is 5.96. The standard InChI is InChI=1S/C12H11ClN6O2S2/c13-8-3-7(23(15,20)21)2-1-6(8)5-22-9-4-10(14)16-12-11(9)17-19-18-12/h1-4H,5H2,(H2,15,20,21)(H3,14,16,17,18,19). The summed E-state index contributed by atoms with van der Waals surface area (Å²) in [5, 5.41) is 15.7. The number of halogens is 1. The lowest BCUT2D eigenvalue weighted by atomic mass is 10.2. The quantitative estimate of drug-likeness (QED) is 0.591. The summed E-state index contributed by atoms with van der Waals surface area (Å²) in [5.41, 5.74) is 7.62. The van der Waals surface area contributed by atoms with Gasteiger partial charge in [-0.3, -0.25) is 0 Å². The predicted molar refractivity (Wildman–Crippen MR) is 88.5 cm³/mol. The molecule has 2 aromatic heterocycles. The minimum absolute atomic E-state index is 0.0247. The average Bonchev–Trinajstić information content (AvgIpc) is 2.92. The van der Waals surface area contributed by atoms with Crippen LogP contribution in [0.25, 0.3) is 11.2 Å². The number of hydrogen-bond donors (Lipinski definition) is 3. The Morgan fingerprint density at radius 3 is 2.78 bits per heavy atom. The number of benzene rings is 1. The Morgan fingerprint density at radius 1 is 1.30 bits per heavy atom. The summed E-state index contributed by atoms with van der Waals surface area (Å²) < 4.78 is 22.6. The van der Waals surface area contributed by atoms with E-state index >= 15 is 0 Å². The fourth-order valence-electron chi connectivity index (χ4n) is 1.92. The number of nitrogens with one attached hydrogen (secondary N) is 1. The number of thioether (sulfide) groups is 1. The minimum atomic E-state index is -3.77. The number of fused-ring (bicyclic) bond motifs is 1. The third-order valence-electron chi connectivity index (χ3n) is 3.02. The molecule has 8 nitrogen and oxygen atoms in total. The zero-order chi connectivity index (χ0) is 16.6. The van der Waals surface area contributed by atoms with Crippen LogP contribution in [0.2, 0.25) is 5.02 Å². The summed E-state index contributed by atoms with van der Waals surface area (Å²) in [4.78, 5) is 4.86. The number of aromatic amines is 1. The lowest BCUT2D eigenvalue weighted by molar-refractivity contribution is 0.598.